The molecule has 0 aromatic rings. The predicted octanol–water partition coefficient (Wildman–Crippen LogP) is 2.50. The van der Waals surface area contributed by atoms with Crippen LogP contribution in [0.1, 0.15) is 38.5 Å². The molecule has 18 heavy (non-hydrogen) atoms. The number of halogens is 3. The molecule has 7 heteroatoms. The number of hydrogen-bond acceptors (Lipinski definition) is 3. The fraction of sp³-hybridized carbons (Fsp3) is 0.909. The van der Waals surface area contributed by atoms with Crippen molar-refractivity contribution >= 4 is 15.6 Å². The number of carbonyl (C=O) groups excluding carboxylic acids is 1. The fourth-order valence-electron chi connectivity index (χ4n) is 2.30. The highest BCUT2D eigenvalue weighted by atomic mass is 32.2. The summed E-state index contributed by atoms with van der Waals surface area (Å²) in [5.41, 5.74) is 0. The van der Waals surface area contributed by atoms with Crippen LogP contribution in [-0.2, 0) is 14.6 Å². The molecule has 0 aromatic carbocycles. The highest BCUT2D eigenvalue weighted by molar-refractivity contribution is 7.91. The molecular weight excluding hydrogens is 269 g/mol. The number of sulfone groups is 1. The van der Waals surface area contributed by atoms with Crippen molar-refractivity contribution in [2.45, 2.75) is 50.0 Å². The van der Waals surface area contributed by atoms with Crippen LogP contribution in [0, 0.1) is 5.92 Å². The predicted molar refractivity (Wildman–Crippen MR) is 60.9 cm³/mol. The van der Waals surface area contributed by atoms with Crippen LogP contribution >= 0.6 is 0 Å². The zero-order valence-electron chi connectivity index (χ0n) is 10.2. The number of Topliss-reactive ketones (excluding diaryl/α,β-unsaturated/α-hetero) is 1. The molecule has 0 N–H and O–H groups in total. The molecule has 0 spiro atoms. The molecule has 0 bridgehead atoms. The van der Waals surface area contributed by atoms with Gasteiger partial charge in [-0.2, -0.15) is 13.2 Å². The summed E-state index contributed by atoms with van der Waals surface area (Å²) in [6.07, 6.45) is -3.11. The molecule has 1 aliphatic rings. The van der Waals surface area contributed by atoms with Gasteiger partial charge in [0.25, 0.3) is 0 Å². The molecule has 1 fully saturated rings. The third-order valence-corrected chi connectivity index (χ3v) is 4.98. The van der Waals surface area contributed by atoms with Crippen LogP contribution in [0.2, 0.25) is 0 Å². The van der Waals surface area contributed by atoms with Crippen molar-refractivity contribution in [3.8, 4) is 0 Å². The topological polar surface area (TPSA) is 51.2 Å². The van der Waals surface area contributed by atoms with Gasteiger partial charge in [0, 0.05) is 18.6 Å². The summed E-state index contributed by atoms with van der Waals surface area (Å²) in [6.45, 7) is 0. The van der Waals surface area contributed by atoms with E-state index in [-0.39, 0.29) is 6.42 Å². The Morgan fingerprint density at radius 2 is 1.89 bits per heavy atom. The first-order valence-electron chi connectivity index (χ1n) is 5.88. The Kier molecular flexibility index (Phi) is 4.80. The van der Waals surface area contributed by atoms with Crippen LogP contribution in [-0.4, -0.2) is 31.9 Å². The normalized spacial score (nSPS) is 26.0. The van der Waals surface area contributed by atoms with Gasteiger partial charge in [-0.25, -0.2) is 8.42 Å². The van der Waals surface area contributed by atoms with Crippen molar-refractivity contribution in [3.05, 3.63) is 0 Å². The molecule has 0 aliphatic heterocycles. The summed E-state index contributed by atoms with van der Waals surface area (Å²) in [6, 6.07) is 0. The van der Waals surface area contributed by atoms with Gasteiger partial charge in [-0.05, 0) is 19.3 Å². The molecule has 2 atom stereocenters. The number of hydrogen-bond donors (Lipinski definition) is 0. The monoisotopic (exact) mass is 286 g/mol. The summed E-state index contributed by atoms with van der Waals surface area (Å²) in [5, 5.41) is -0.578. The molecule has 2 unspecified atom stereocenters. The lowest BCUT2D eigenvalue weighted by atomic mass is 9.84. The van der Waals surface area contributed by atoms with E-state index in [2.05, 4.69) is 0 Å². The number of carbonyl (C=O) groups is 1. The fourth-order valence-corrected chi connectivity index (χ4v) is 3.47. The maximum absolute atomic E-state index is 12.0. The molecule has 0 radical (unpaired) electrons. The van der Waals surface area contributed by atoms with Crippen LogP contribution in [0.15, 0.2) is 0 Å². The lowest BCUT2D eigenvalue weighted by Crippen LogP contribution is -2.31. The van der Waals surface area contributed by atoms with E-state index in [0.29, 0.717) is 19.3 Å². The van der Waals surface area contributed by atoms with Crippen molar-refractivity contribution < 1.29 is 26.4 Å². The summed E-state index contributed by atoms with van der Waals surface area (Å²) in [7, 11) is -3.21. The van der Waals surface area contributed by atoms with E-state index in [9.17, 15) is 26.4 Å². The lowest BCUT2D eigenvalue weighted by Gasteiger charge is -2.27. The largest absolute Gasteiger partial charge is 0.389 e. The van der Waals surface area contributed by atoms with Crippen LogP contribution in [0.3, 0.4) is 0 Å². The molecule has 0 heterocycles. The van der Waals surface area contributed by atoms with Crippen molar-refractivity contribution in [1.29, 1.82) is 0 Å². The number of ketones is 1. The van der Waals surface area contributed by atoms with E-state index in [1.807, 2.05) is 0 Å². The van der Waals surface area contributed by atoms with E-state index in [4.69, 9.17) is 0 Å². The van der Waals surface area contributed by atoms with Gasteiger partial charge in [0.15, 0.2) is 0 Å². The van der Waals surface area contributed by atoms with Gasteiger partial charge >= 0.3 is 6.18 Å². The minimum Gasteiger partial charge on any atom is -0.299 e. The first-order valence-corrected chi connectivity index (χ1v) is 7.83. The quantitative estimate of drug-likeness (QED) is 0.798. The highest BCUT2D eigenvalue weighted by Crippen LogP contribution is 2.31. The first-order chi connectivity index (χ1) is 8.09. The van der Waals surface area contributed by atoms with Gasteiger partial charge in [-0.15, -0.1) is 0 Å². The van der Waals surface area contributed by atoms with E-state index in [1.54, 1.807) is 0 Å². The highest BCUT2D eigenvalue weighted by Gasteiger charge is 2.34. The lowest BCUT2D eigenvalue weighted by molar-refractivity contribution is -0.145. The van der Waals surface area contributed by atoms with Crippen LogP contribution < -0.4 is 0 Å². The Morgan fingerprint density at radius 3 is 2.39 bits per heavy atom. The summed E-state index contributed by atoms with van der Waals surface area (Å²) in [4.78, 5) is 11.6. The average Bonchev–Trinajstić information content (AvgIpc) is 2.24. The summed E-state index contributed by atoms with van der Waals surface area (Å²) >= 11 is 0. The second kappa shape index (κ2) is 5.59. The van der Waals surface area contributed by atoms with Gasteiger partial charge in [-0.1, -0.05) is 6.42 Å². The van der Waals surface area contributed by atoms with E-state index in [1.165, 1.54) is 0 Å². The first kappa shape index (κ1) is 15.5. The number of alkyl halides is 3. The Morgan fingerprint density at radius 1 is 1.28 bits per heavy atom. The maximum atomic E-state index is 12.0. The SMILES string of the molecule is CS(=O)(=O)C1CCCC(C(=O)CCC(F)(F)F)C1. The molecule has 0 aromatic heterocycles. The Labute approximate surface area is 105 Å². The summed E-state index contributed by atoms with van der Waals surface area (Å²) in [5.74, 6) is -0.985. The summed E-state index contributed by atoms with van der Waals surface area (Å²) < 4.78 is 58.8. The minimum absolute atomic E-state index is 0.176. The molecule has 3 nitrogen and oxygen atoms in total. The second-order valence-corrected chi connectivity index (χ2v) is 7.22. The zero-order valence-corrected chi connectivity index (χ0v) is 11.0. The van der Waals surface area contributed by atoms with Gasteiger partial charge in [0.05, 0.1) is 11.7 Å². The van der Waals surface area contributed by atoms with Crippen molar-refractivity contribution in [3.63, 3.8) is 0 Å². The molecule has 1 aliphatic carbocycles. The maximum Gasteiger partial charge on any atom is 0.389 e. The van der Waals surface area contributed by atoms with Crippen LogP contribution in [0.25, 0.3) is 0 Å². The molecule has 1 saturated carbocycles. The van der Waals surface area contributed by atoms with Crippen molar-refractivity contribution in [1.82, 2.24) is 0 Å². The van der Waals surface area contributed by atoms with Gasteiger partial charge in [-0.3, -0.25) is 4.79 Å². The number of rotatable bonds is 4. The van der Waals surface area contributed by atoms with Gasteiger partial charge < -0.3 is 0 Å². The van der Waals surface area contributed by atoms with E-state index >= 15 is 0 Å². The Bertz CT molecular complexity index is 400. The average molecular weight is 286 g/mol. The van der Waals surface area contributed by atoms with Gasteiger partial charge in [0.2, 0.25) is 0 Å². The Balaban J connectivity index is 2.54. The smallest absolute Gasteiger partial charge is 0.299 e. The van der Waals surface area contributed by atoms with Crippen molar-refractivity contribution in [2.75, 3.05) is 6.26 Å². The molecule has 0 saturated heterocycles. The molecule has 0 amide bonds. The van der Waals surface area contributed by atoms with Crippen LogP contribution in [0.5, 0.6) is 0 Å². The van der Waals surface area contributed by atoms with Crippen LogP contribution in [0.4, 0.5) is 13.2 Å². The molecular formula is C11H17F3O3S. The second-order valence-electron chi connectivity index (χ2n) is 4.90. The third kappa shape index (κ3) is 4.96. The van der Waals surface area contributed by atoms with Gasteiger partial charge in [0.1, 0.15) is 15.6 Å². The minimum atomic E-state index is -4.33. The molecule has 106 valence electrons. The zero-order chi connectivity index (χ0) is 14.0. The van der Waals surface area contributed by atoms with E-state index in [0.717, 1.165) is 6.26 Å². The third-order valence-electron chi connectivity index (χ3n) is 3.34. The Hall–Kier alpha value is -0.590. The van der Waals surface area contributed by atoms with E-state index < -0.39 is 45.8 Å². The standard InChI is InChI=1S/C11H17F3O3S/c1-18(16,17)9-4-2-3-8(7-9)10(15)5-6-11(12,13)14/h8-9H,2-7H2,1H3. The van der Waals surface area contributed by atoms with Crippen molar-refractivity contribution in [2.24, 2.45) is 5.92 Å². The molecule has 1 rings (SSSR count).